The predicted octanol–water partition coefficient (Wildman–Crippen LogP) is 4.70. The number of anilines is 3. The highest BCUT2D eigenvalue weighted by atomic mass is 32.1. The molecule has 1 atom stereocenters. The summed E-state index contributed by atoms with van der Waals surface area (Å²) in [6.45, 7) is 1.43. The van der Waals surface area contributed by atoms with Gasteiger partial charge in [-0.25, -0.2) is 14.8 Å². The molecule has 3 aromatic rings. The summed E-state index contributed by atoms with van der Waals surface area (Å²) in [5.41, 5.74) is 2.72. The van der Waals surface area contributed by atoms with E-state index in [1.165, 1.54) is 23.2 Å². The zero-order valence-corrected chi connectivity index (χ0v) is 18.8. The van der Waals surface area contributed by atoms with E-state index in [0.717, 1.165) is 53.4 Å². The van der Waals surface area contributed by atoms with E-state index >= 15 is 0 Å². The number of thiazole rings is 1. The standard InChI is InChI=1S/C23H23N5O4S/c1-12(29)25-22-26-16-8-7-14(10-18(16)33-22)15-9-17-20(24-11-15)27-21(30)19(28(17)23(31)32)13-5-3-2-4-6-13/h7-11,13,19H,2-6H2,1H3,(H,31,32)(H,24,27,30)(H,25,26,29). The fourth-order valence-corrected chi connectivity index (χ4v) is 5.70. The molecule has 9 nitrogen and oxygen atoms in total. The summed E-state index contributed by atoms with van der Waals surface area (Å²) in [5.74, 6) is -0.248. The normalized spacial score (nSPS) is 18.6. The van der Waals surface area contributed by atoms with Gasteiger partial charge in [-0.3, -0.25) is 14.5 Å². The molecule has 1 aromatic carbocycles. The Morgan fingerprint density at radius 3 is 2.70 bits per heavy atom. The third kappa shape index (κ3) is 4.02. The summed E-state index contributed by atoms with van der Waals surface area (Å²) in [6, 6.07) is 6.69. The number of nitrogens with one attached hydrogen (secondary N) is 2. The van der Waals surface area contributed by atoms with E-state index in [1.54, 1.807) is 12.3 Å². The summed E-state index contributed by atoms with van der Waals surface area (Å²) >= 11 is 1.36. The Labute approximate surface area is 193 Å². The van der Waals surface area contributed by atoms with E-state index in [2.05, 4.69) is 20.6 Å². The largest absolute Gasteiger partial charge is 0.465 e. The lowest BCUT2D eigenvalue weighted by Gasteiger charge is -2.39. The van der Waals surface area contributed by atoms with Gasteiger partial charge in [0, 0.05) is 18.7 Å². The third-order valence-corrected chi connectivity index (χ3v) is 7.16. The zero-order chi connectivity index (χ0) is 23.1. The van der Waals surface area contributed by atoms with Crippen LogP contribution >= 0.6 is 11.3 Å². The molecule has 3 heterocycles. The number of fused-ring (bicyclic) bond motifs is 2. The highest BCUT2D eigenvalue weighted by Crippen LogP contribution is 2.40. The Balaban J connectivity index is 1.53. The van der Waals surface area contributed by atoms with Gasteiger partial charge in [-0.15, -0.1) is 0 Å². The number of aromatic nitrogens is 2. The lowest BCUT2D eigenvalue weighted by Crippen LogP contribution is -2.54. The zero-order valence-electron chi connectivity index (χ0n) is 18.0. The molecule has 3 amide bonds. The number of carboxylic acid groups (broad SMARTS) is 1. The maximum Gasteiger partial charge on any atom is 0.412 e. The van der Waals surface area contributed by atoms with E-state index < -0.39 is 12.1 Å². The first-order valence-electron chi connectivity index (χ1n) is 10.9. The smallest absolute Gasteiger partial charge is 0.412 e. The molecule has 1 aliphatic carbocycles. The quantitative estimate of drug-likeness (QED) is 0.515. The Morgan fingerprint density at radius 2 is 1.97 bits per heavy atom. The first kappa shape index (κ1) is 21.3. The van der Waals surface area contributed by atoms with Crippen LogP contribution in [0.4, 0.5) is 21.4 Å². The fraction of sp³-hybridized carbons (Fsp3) is 0.348. The van der Waals surface area contributed by atoms with E-state index in [9.17, 15) is 19.5 Å². The number of benzene rings is 1. The summed E-state index contributed by atoms with van der Waals surface area (Å²) in [7, 11) is 0. The van der Waals surface area contributed by atoms with Crippen molar-refractivity contribution in [3.05, 3.63) is 30.5 Å². The summed E-state index contributed by atoms with van der Waals surface area (Å²) in [4.78, 5) is 46.5. The van der Waals surface area contributed by atoms with Crippen molar-refractivity contribution in [1.82, 2.24) is 9.97 Å². The minimum absolute atomic E-state index is 0.00704. The van der Waals surface area contributed by atoms with E-state index in [-0.39, 0.29) is 23.6 Å². The van der Waals surface area contributed by atoms with E-state index in [1.807, 2.05) is 18.2 Å². The van der Waals surface area contributed by atoms with Gasteiger partial charge in [-0.1, -0.05) is 36.7 Å². The molecule has 0 spiro atoms. The molecule has 1 fully saturated rings. The van der Waals surface area contributed by atoms with Crippen LogP contribution in [0.2, 0.25) is 0 Å². The number of amides is 3. The molecule has 170 valence electrons. The molecule has 1 saturated carbocycles. The van der Waals surface area contributed by atoms with Gasteiger partial charge in [0.15, 0.2) is 10.9 Å². The number of hydrogen-bond donors (Lipinski definition) is 3. The van der Waals surface area contributed by atoms with Crippen molar-refractivity contribution in [2.45, 2.75) is 45.1 Å². The molecule has 0 radical (unpaired) electrons. The molecule has 3 N–H and O–H groups in total. The monoisotopic (exact) mass is 465 g/mol. The van der Waals surface area contributed by atoms with Crippen molar-refractivity contribution in [3.8, 4) is 11.1 Å². The van der Waals surface area contributed by atoms with Crippen molar-refractivity contribution in [3.63, 3.8) is 0 Å². The number of nitrogens with zero attached hydrogens (tertiary/aromatic N) is 3. The first-order valence-corrected chi connectivity index (χ1v) is 11.7. The minimum atomic E-state index is -1.15. The lowest BCUT2D eigenvalue weighted by molar-refractivity contribution is -0.119. The Kier molecular flexibility index (Phi) is 5.45. The molecule has 0 saturated heterocycles. The molecule has 1 unspecified atom stereocenters. The highest BCUT2D eigenvalue weighted by molar-refractivity contribution is 7.22. The van der Waals surface area contributed by atoms with Crippen LogP contribution in [-0.4, -0.2) is 39.0 Å². The molecular formula is C23H23N5O4S. The molecule has 2 aliphatic rings. The molecule has 0 bridgehead atoms. The van der Waals surface area contributed by atoms with Gasteiger partial charge in [0.2, 0.25) is 11.8 Å². The van der Waals surface area contributed by atoms with Crippen LogP contribution in [0.1, 0.15) is 39.0 Å². The Morgan fingerprint density at radius 1 is 1.18 bits per heavy atom. The van der Waals surface area contributed by atoms with Crippen LogP contribution in [-0.2, 0) is 9.59 Å². The van der Waals surface area contributed by atoms with Crippen molar-refractivity contribution in [2.24, 2.45) is 5.92 Å². The van der Waals surface area contributed by atoms with Crippen LogP contribution in [0.5, 0.6) is 0 Å². The Hall–Kier alpha value is -3.53. The third-order valence-electron chi connectivity index (χ3n) is 6.22. The fourth-order valence-electron chi connectivity index (χ4n) is 4.75. The summed E-state index contributed by atoms with van der Waals surface area (Å²) in [6.07, 6.45) is 5.26. The van der Waals surface area contributed by atoms with Gasteiger partial charge >= 0.3 is 6.09 Å². The maximum atomic E-state index is 12.9. The SMILES string of the molecule is CC(=O)Nc1nc2ccc(-c3cnc4c(c3)N(C(=O)O)C(C3CCCCC3)C(=O)N4)cc2s1. The van der Waals surface area contributed by atoms with Crippen LogP contribution in [0.25, 0.3) is 21.3 Å². The van der Waals surface area contributed by atoms with Gasteiger partial charge in [0.25, 0.3) is 0 Å². The minimum Gasteiger partial charge on any atom is -0.465 e. The predicted molar refractivity (Wildman–Crippen MR) is 127 cm³/mol. The molecular weight excluding hydrogens is 442 g/mol. The second-order valence-electron chi connectivity index (χ2n) is 8.46. The molecule has 10 heteroatoms. The van der Waals surface area contributed by atoms with Crippen LogP contribution in [0.3, 0.4) is 0 Å². The summed E-state index contributed by atoms with van der Waals surface area (Å²) in [5, 5.41) is 16.1. The molecule has 1 aliphatic heterocycles. The number of pyridine rings is 1. The van der Waals surface area contributed by atoms with Crippen molar-refractivity contribution in [1.29, 1.82) is 0 Å². The van der Waals surface area contributed by atoms with Crippen LogP contribution in [0, 0.1) is 5.92 Å². The first-order chi connectivity index (χ1) is 15.9. The van der Waals surface area contributed by atoms with Gasteiger partial charge in [-0.05, 0) is 42.5 Å². The van der Waals surface area contributed by atoms with Crippen molar-refractivity contribution < 1.29 is 19.5 Å². The number of rotatable bonds is 3. The highest BCUT2D eigenvalue weighted by Gasteiger charge is 2.42. The second kappa shape index (κ2) is 8.43. The van der Waals surface area contributed by atoms with Crippen LogP contribution in [0.15, 0.2) is 30.5 Å². The average Bonchev–Trinajstić information content (AvgIpc) is 3.19. The number of carbonyl (C=O) groups is 3. The lowest BCUT2D eigenvalue weighted by atomic mass is 9.82. The topological polar surface area (TPSA) is 125 Å². The van der Waals surface area contributed by atoms with Gasteiger partial charge in [0.1, 0.15) is 6.04 Å². The Bertz CT molecular complexity index is 1270. The number of hydrogen-bond acceptors (Lipinski definition) is 6. The number of carbonyl (C=O) groups excluding carboxylic acids is 2. The van der Waals surface area contributed by atoms with Crippen molar-refractivity contribution in [2.75, 3.05) is 15.5 Å². The van der Waals surface area contributed by atoms with Crippen LogP contribution < -0.4 is 15.5 Å². The molecule has 2 aromatic heterocycles. The average molecular weight is 466 g/mol. The van der Waals surface area contributed by atoms with E-state index in [0.29, 0.717) is 10.8 Å². The van der Waals surface area contributed by atoms with Crippen molar-refractivity contribution >= 4 is 56.1 Å². The van der Waals surface area contributed by atoms with Gasteiger partial charge in [0.05, 0.1) is 15.9 Å². The molecule has 5 rings (SSSR count). The molecule has 33 heavy (non-hydrogen) atoms. The van der Waals surface area contributed by atoms with Gasteiger partial charge in [-0.2, -0.15) is 0 Å². The summed E-state index contributed by atoms with van der Waals surface area (Å²) < 4.78 is 0.887. The maximum absolute atomic E-state index is 12.9. The second-order valence-corrected chi connectivity index (χ2v) is 9.49. The van der Waals surface area contributed by atoms with E-state index in [4.69, 9.17) is 0 Å². The van der Waals surface area contributed by atoms with Gasteiger partial charge < -0.3 is 15.7 Å².